The fraction of sp³-hybridized carbons (Fsp3) is 0.259. The molecule has 0 spiro atoms. The van der Waals surface area contributed by atoms with Crippen molar-refractivity contribution in [3.8, 4) is 5.75 Å². The molecule has 0 unspecified atom stereocenters. The first-order valence-electron chi connectivity index (χ1n) is 11.2. The minimum Gasteiger partial charge on any atom is -0.494 e. The Morgan fingerprint density at radius 2 is 1.52 bits per heavy atom. The lowest BCUT2D eigenvalue weighted by atomic mass is 9.83. The fourth-order valence-electron chi connectivity index (χ4n) is 4.26. The smallest absolute Gasteiger partial charge is 0.326 e. The highest BCUT2D eigenvalue weighted by molar-refractivity contribution is 6.07. The highest BCUT2D eigenvalue weighted by Crippen LogP contribution is 2.33. The van der Waals surface area contributed by atoms with Crippen LogP contribution in [-0.4, -0.2) is 42.1 Å². The van der Waals surface area contributed by atoms with Gasteiger partial charge in [0.05, 0.1) is 13.3 Å². The van der Waals surface area contributed by atoms with Gasteiger partial charge in [-0.05, 0) is 42.8 Å². The molecule has 1 aliphatic rings. The summed E-state index contributed by atoms with van der Waals surface area (Å²) in [7, 11) is 1.90. The Bertz CT molecular complexity index is 1090. The number of nitrogens with one attached hydrogen (secondary N) is 1. The summed E-state index contributed by atoms with van der Waals surface area (Å²) in [6, 6.07) is 26.7. The standard InChI is InChI=1S/C27H29N3O3/c1-3-33-24-16-14-22(15-17-24)19-29(2)20-30-25(31)27(28-26(30)32,23-12-8-5-9-13-23)18-21-10-6-4-7-11-21/h4-17H,3,18-20H2,1-2H3,(H,28,32)/t27-/m0/s1. The molecule has 1 N–H and O–H groups in total. The molecule has 0 aromatic heterocycles. The summed E-state index contributed by atoms with van der Waals surface area (Å²) in [4.78, 5) is 30.0. The predicted octanol–water partition coefficient (Wildman–Crippen LogP) is 4.16. The second kappa shape index (κ2) is 9.88. The van der Waals surface area contributed by atoms with E-state index >= 15 is 0 Å². The molecule has 3 aromatic carbocycles. The van der Waals surface area contributed by atoms with E-state index in [4.69, 9.17) is 4.74 Å². The SMILES string of the molecule is CCOc1ccc(CN(C)CN2C(=O)N[C@@](Cc3ccccc3)(c3ccccc3)C2=O)cc1. The van der Waals surface area contributed by atoms with E-state index < -0.39 is 5.54 Å². The highest BCUT2D eigenvalue weighted by atomic mass is 16.5. The van der Waals surface area contributed by atoms with Gasteiger partial charge in [-0.2, -0.15) is 0 Å². The maximum absolute atomic E-state index is 13.7. The number of imide groups is 1. The largest absolute Gasteiger partial charge is 0.494 e. The summed E-state index contributed by atoms with van der Waals surface area (Å²) >= 11 is 0. The zero-order valence-corrected chi connectivity index (χ0v) is 19.0. The van der Waals surface area contributed by atoms with Gasteiger partial charge in [0, 0.05) is 13.0 Å². The summed E-state index contributed by atoms with van der Waals surface area (Å²) in [6.45, 7) is 3.37. The van der Waals surface area contributed by atoms with Crippen molar-refractivity contribution >= 4 is 11.9 Å². The third kappa shape index (κ3) is 4.91. The molecule has 0 radical (unpaired) electrons. The molecule has 1 fully saturated rings. The average Bonchev–Trinajstić information content (AvgIpc) is 3.06. The van der Waals surface area contributed by atoms with Crippen LogP contribution in [0, 0.1) is 0 Å². The van der Waals surface area contributed by atoms with Crippen molar-refractivity contribution in [2.75, 3.05) is 20.3 Å². The van der Waals surface area contributed by atoms with Crippen LogP contribution in [0.1, 0.15) is 23.6 Å². The van der Waals surface area contributed by atoms with Gasteiger partial charge in [-0.15, -0.1) is 0 Å². The Morgan fingerprint density at radius 1 is 0.879 bits per heavy atom. The van der Waals surface area contributed by atoms with Gasteiger partial charge in [-0.1, -0.05) is 72.8 Å². The first-order chi connectivity index (χ1) is 16.0. The molecule has 1 heterocycles. The zero-order chi connectivity index (χ0) is 23.3. The van der Waals surface area contributed by atoms with Gasteiger partial charge in [-0.3, -0.25) is 9.69 Å². The number of carbonyl (C=O) groups is 2. The van der Waals surface area contributed by atoms with Crippen LogP contribution in [0.5, 0.6) is 5.75 Å². The number of hydrogen-bond acceptors (Lipinski definition) is 4. The van der Waals surface area contributed by atoms with Crippen molar-refractivity contribution in [1.82, 2.24) is 15.1 Å². The maximum atomic E-state index is 13.7. The van der Waals surface area contributed by atoms with Crippen molar-refractivity contribution < 1.29 is 14.3 Å². The van der Waals surface area contributed by atoms with Crippen LogP contribution < -0.4 is 10.1 Å². The van der Waals surface area contributed by atoms with Crippen molar-refractivity contribution in [3.63, 3.8) is 0 Å². The van der Waals surface area contributed by atoms with E-state index in [1.54, 1.807) is 0 Å². The number of benzene rings is 3. The monoisotopic (exact) mass is 443 g/mol. The Labute approximate surface area is 194 Å². The minimum atomic E-state index is -1.13. The molecule has 1 aliphatic heterocycles. The molecule has 1 saturated heterocycles. The molecule has 4 rings (SSSR count). The van der Waals surface area contributed by atoms with E-state index in [1.807, 2.05) is 104 Å². The van der Waals surface area contributed by atoms with E-state index in [9.17, 15) is 9.59 Å². The Hall–Kier alpha value is -3.64. The van der Waals surface area contributed by atoms with Crippen molar-refractivity contribution in [1.29, 1.82) is 0 Å². The first-order valence-corrected chi connectivity index (χ1v) is 11.2. The number of hydrogen-bond donors (Lipinski definition) is 1. The van der Waals surface area contributed by atoms with Crippen molar-refractivity contribution in [2.45, 2.75) is 25.4 Å². The summed E-state index contributed by atoms with van der Waals surface area (Å²) < 4.78 is 5.50. The molecule has 6 nitrogen and oxygen atoms in total. The Morgan fingerprint density at radius 3 is 2.15 bits per heavy atom. The fourth-order valence-corrected chi connectivity index (χ4v) is 4.26. The molecule has 0 aliphatic carbocycles. The highest BCUT2D eigenvalue weighted by Gasteiger charge is 2.52. The van der Waals surface area contributed by atoms with Crippen LogP contribution >= 0.6 is 0 Å². The van der Waals surface area contributed by atoms with Crippen molar-refractivity contribution in [3.05, 3.63) is 102 Å². The molecule has 0 saturated carbocycles. The minimum absolute atomic E-state index is 0.196. The number of nitrogens with zero attached hydrogens (tertiary/aromatic N) is 2. The van der Waals surface area contributed by atoms with Gasteiger partial charge in [0.1, 0.15) is 5.75 Å². The van der Waals surface area contributed by atoms with Gasteiger partial charge >= 0.3 is 6.03 Å². The number of rotatable bonds is 9. The average molecular weight is 444 g/mol. The van der Waals surface area contributed by atoms with Crippen LogP contribution in [0.4, 0.5) is 4.79 Å². The van der Waals surface area contributed by atoms with Crippen LogP contribution in [0.3, 0.4) is 0 Å². The van der Waals surface area contributed by atoms with E-state index in [-0.39, 0.29) is 18.6 Å². The van der Waals surface area contributed by atoms with Crippen LogP contribution in [0.15, 0.2) is 84.9 Å². The maximum Gasteiger partial charge on any atom is 0.326 e. The van der Waals surface area contributed by atoms with Gasteiger partial charge in [0.2, 0.25) is 0 Å². The predicted molar refractivity (Wildman–Crippen MR) is 128 cm³/mol. The lowest BCUT2D eigenvalue weighted by Gasteiger charge is -2.28. The van der Waals surface area contributed by atoms with Crippen LogP contribution in [-0.2, 0) is 23.3 Å². The zero-order valence-electron chi connectivity index (χ0n) is 19.0. The normalized spacial score (nSPS) is 18.0. The molecular weight excluding hydrogens is 414 g/mol. The van der Waals surface area contributed by atoms with E-state index in [0.29, 0.717) is 19.6 Å². The number of urea groups is 1. The van der Waals surface area contributed by atoms with E-state index in [0.717, 1.165) is 22.4 Å². The third-order valence-corrected chi connectivity index (χ3v) is 5.82. The summed E-state index contributed by atoms with van der Waals surface area (Å²) in [5.74, 6) is 0.590. The second-order valence-electron chi connectivity index (χ2n) is 8.33. The van der Waals surface area contributed by atoms with Crippen LogP contribution in [0.2, 0.25) is 0 Å². The molecule has 170 valence electrons. The van der Waals surface area contributed by atoms with E-state index in [1.165, 1.54) is 4.90 Å². The lowest BCUT2D eigenvalue weighted by Crippen LogP contribution is -2.46. The number of carbonyl (C=O) groups excluding carboxylic acids is 2. The first kappa shape index (κ1) is 22.6. The topological polar surface area (TPSA) is 61.9 Å². The van der Waals surface area contributed by atoms with Gasteiger partial charge < -0.3 is 10.1 Å². The quantitative estimate of drug-likeness (QED) is 0.505. The summed E-state index contributed by atoms with van der Waals surface area (Å²) in [5, 5.41) is 3.02. The van der Waals surface area contributed by atoms with Gasteiger partial charge in [-0.25, -0.2) is 9.69 Å². The van der Waals surface area contributed by atoms with E-state index in [2.05, 4.69) is 5.32 Å². The Balaban J connectivity index is 1.53. The molecular formula is C27H29N3O3. The van der Waals surface area contributed by atoms with Crippen LogP contribution in [0.25, 0.3) is 0 Å². The summed E-state index contributed by atoms with van der Waals surface area (Å²) in [5.41, 5.74) is 1.72. The Kier molecular flexibility index (Phi) is 6.75. The second-order valence-corrected chi connectivity index (χ2v) is 8.33. The molecule has 1 atom stereocenters. The number of amides is 3. The van der Waals surface area contributed by atoms with Gasteiger partial charge in [0.25, 0.3) is 5.91 Å². The third-order valence-electron chi connectivity index (χ3n) is 5.82. The lowest BCUT2D eigenvalue weighted by molar-refractivity contribution is -0.133. The molecule has 3 amide bonds. The summed E-state index contributed by atoms with van der Waals surface area (Å²) in [6.07, 6.45) is 0.390. The molecule has 6 heteroatoms. The molecule has 33 heavy (non-hydrogen) atoms. The molecule has 0 bridgehead atoms. The molecule has 3 aromatic rings. The number of ether oxygens (including phenoxy) is 1. The van der Waals surface area contributed by atoms with Gasteiger partial charge in [0.15, 0.2) is 5.54 Å². The van der Waals surface area contributed by atoms with Crippen molar-refractivity contribution in [2.24, 2.45) is 0 Å².